The van der Waals surface area contributed by atoms with Crippen LogP contribution in [0.25, 0.3) is 0 Å². The quantitative estimate of drug-likeness (QED) is 0.657. The lowest BCUT2D eigenvalue weighted by Gasteiger charge is -2.02. The minimum Gasteiger partial charge on any atom is -0.506 e. The number of phenols is 1. The van der Waals surface area contributed by atoms with E-state index in [-0.39, 0.29) is 22.9 Å². The summed E-state index contributed by atoms with van der Waals surface area (Å²) in [5, 5.41) is 9.93. The van der Waals surface area contributed by atoms with E-state index in [1.165, 1.54) is 18.3 Å². The van der Waals surface area contributed by atoms with Gasteiger partial charge in [0.1, 0.15) is 5.75 Å². The Hall–Kier alpha value is -0.820. The molecule has 94 valence electrons. The smallest absolute Gasteiger partial charge is 0.266 e. The Labute approximate surface area is 108 Å². The van der Waals surface area contributed by atoms with Crippen LogP contribution in [0.15, 0.2) is 17.1 Å². The van der Waals surface area contributed by atoms with Crippen LogP contribution in [0, 0.1) is 0 Å². The predicted octanol–water partition coefficient (Wildman–Crippen LogP) is 2.01. The third kappa shape index (κ3) is 4.91. The summed E-state index contributed by atoms with van der Waals surface area (Å²) in [5.74, 6) is -0.676. The molecule has 2 N–H and O–H groups in total. The van der Waals surface area contributed by atoms with Crippen molar-refractivity contribution >= 4 is 39.5 Å². The van der Waals surface area contributed by atoms with Gasteiger partial charge in [0.15, 0.2) is 0 Å². The van der Waals surface area contributed by atoms with Gasteiger partial charge in [0, 0.05) is 16.8 Å². The molecule has 0 saturated carbocycles. The summed E-state index contributed by atoms with van der Waals surface area (Å²) >= 11 is 11.4. The zero-order valence-corrected chi connectivity index (χ0v) is 10.8. The number of benzene rings is 1. The Morgan fingerprint density at radius 3 is 2.59 bits per heavy atom. The molecule has 5 nitrogen and oxygen atoms in total. The Kier molecular flexibility index (Phi) is 4.76. The predicted molar refractivity (Wildman–Crippen MR) is 67.0 cm³/mol. The van der Waals surface area contributed by atoms with Gasteiger partial charge in [0.25, 0.3) is 10.1 Å². The molecule has 0 fully saturated rings. The summed E-state index contributed by atoms with van der Waals surface area (Å²) in [6.45, 7) is -0.123. The summed E-state index contributed by atoms with van der Waals surface area (Å²) in [6, 6.07) is 2.80. The van der Waals surface area contributed by atoms with Crippen LogP contribution in [-0.4, -0.2) is 36.6 Å². The minimum atomic E-state index is -4.03. The Balaban J connectivity index is 2.78. The number of aromatic hydroxyl groups is 1. The average Bonchev–Trinajstić information content (AvgIpc) is 2.18. The molecule has 0 atom stereocenters. The number of nitrogens with zero attached hydrogens (tertiary/aromatic N) is 1. The minimum absolute atomic E-state index is 0.0775. The maximum absolute atomic E-state index is 10.4. The van der Waals surface area contributed by atoms with Crippen molar-refractivity contribution in [2.24, 2.45) is 4.99 Å². The number of phenolic OH excluding ortho intramolecular Hbond substituents is 1. The van der Waals surface area contributed by atoms with E-state index in [4.69, 9.17) is 27.8 Å². The van der Waals surface area contributed by atoms with E-state index in [0.717, 1.165) is 0 Å². The van der Waals surface area contributed by atoms with Crippen LogP contribution in [0.3, 0.4) is 0 Å². The molecule has 1 aromatic rings. The fraction of sp³-hybridized carbons (Fsp3) is 0.222. The molecule has 0 bridgehead atoms. The summed E-state index contributed by atoms with van der Waals surface area (Å²) in [4.78, 5) is 3.73. The van der Waals surface area contributed by atoms with Crippen molar-refractivity contribution in [3.8, 4) is 5.75 Å². The standard InChI is InChI=1S/C9H9Cl2NO4S/c10-7-3-6(9(13)8(11)4-7)5-12-1-2-17(14,15)16/h3-5,13H,1-2H2,(H,14,15,16). The first-order valence-electron chi connectivity index (χ1n) is 4.42. The summed E-state index contributed by atoms with van der Waals surface area (Å²) < 4.78 is 29.3. The first-order chi connectivity index (χ1) is 7.79. The molecule has 0 aliphatic heterocycles. The van der Waals surface area contributed by atoms with Crippen LogP contribution >= 0.6 is 23.2 Å². The number of halogens is 2. The third-order valence-electron chi connectivity index (χ3n) is 1.77. The van der Waals surface area contributed by atoms with Crippen LogP contribution in [0.2, 0.25) is 10.0 Å². The van der Waals surface area contributed by atoms with E-state index in [9.17, 15) is 13.5 Å². The third-order valence-corrected chi connectivity index (χ3v) is 2.97. The second-order valence-electron chi connectivity index (χ2n) is 3.15. The Bertz CT molecular complexity index is 542. The molecule has 0 unspecified atom stereocenters. The molecule has 0 aromatic heterocycles. The number of hydrogen-bond acceptors (Lipinski definition) is 4. The van der Waals surface area contributed by atoms with Gasteiger partial charge in [-0.1, -0.05) is 23.2 Å². The van der Waals surface area contributed by atoms with Crippen LogP contribution in [0.5, 0.6) is 5.75 Å². The topological polar surface area (TPSA) is 87.0 Å². The van der Waals surface area contributed by atoms with Crippen molar-refractivity contribution in [2.75, 3.05) is 12.3 Å². The summed E-state index contributed by atoms with van der Waals surface area (Å²) in [6.07, 6.45) is 1.23. The van der Waals surface area contributed by atoms with Gasteiger partial charge in [-0.05, 0) is 12.1 Å². The zero-order chi connectivity index (χ0) is 13.1. The lowest BCUT2D eigenvalue weighted by molar-refractivity contribution is 0.474. The zero-order valence-electron chi connectivity index (χ0n) is 8.47. The van der Waals surface area contributed by atoms with Crippen LogP contribution in [0.1, 0.15) is 5.56 Å². The fourth-order valence-corrected chi connectivity index (χ4v) is 1.86. The molecule has 0 aliphatic carbocycles. The second kappa shape index (κ2) is 5.68. The molecule has 0 saturated heterocycles. The molecule has 0 radical (unpaired) electrons. The van der Waals surface area contributed by atoms with E-state index in [0.29, 0.717) is 5.02 Å². The van der Waals surface area contributed by atoms with Gasteiger partial charge < -0.3 is 5.11 Å². The molecule has 17 heavy (non-hydrogen) atoms. The highest BCUT2D eigenvalue weighted by Gasteiger charge is 2.06. The highest BCUT2D eigenvalue weighted by Crippen LogP contribution is 2.29. The maximum atomic E-state index is 10.4. The van der Waals surface area contributed by atoms with Crippen LogP contribution in [-0.2, 0) is 10.1 Å². The normalized spacial score (nSPS) is 12.2. The molecular formula is C9H9Cl2NO4S. The second-order valence-corrected chi connectivity index (χ2v) is 5.56. The van der Waals surface area contributed by atoms with Crippen molar-refractivity contribution in [3.63, 3.8) is 0 Å². The van der Waals surface area contributed by atoms with E-state index in [1.54, 1.807) is 0 Å². The first-order valence-corrected chi connectivity index (χ1v) is 6.79. The van der Waals surface area contributed by atoms with Gasteiger partial charge in [-0.2, -0.15) is 8.42 Å². The molecule has 0 heterocycles. The maximum Gasteiger partial charge on any atom is 0.266 e. The van der Waals surface area contributed by atoms with Gasteiger partial charge in [0.05, 0.1) is 17.3 Å². The molecule has 8 heteroatoms. The molecular weight excluding hydrogens is 289 g/mol. The molecule has 1 aromatic carbocycles. The van der Waals surface area contributed by atoms with Gasteiger partial charge >= 0.3 is 0 Å². The SMILES string of the molecule is O=S(=O)(O)CCN=Cc1cc(Cl)cc(Cl)c1O. The average molecular weight is 298 g/mol. The Morgan fingerprint density at radius 1 is 1.35 bits per heavy atom. The molecule has 0 spiro atoms. The van der Waals surface area contributed by atoms with Crippen LogP contribution in [0.4, 0.5) is 0 Å². The highest BCUT2D eigenvalue weighted by atomic mass is 35.5. The number of rotatable bonds is 4. The van der Waals surface area contributed by atoms with E-state index in [1.807, 2.05) is 0 Å². The van der Waals surface area contributed by atoms with Crippen molar-refractivity contribution in [2.45, 2.75) is 0 Å². The van der Waals surface area contributed by atoms with Gasteiger partial charge in [-0.25, -0.2) is 0 Å². The van der Waals surface area contributed by atoms with E-state index in [2.05, 4.69) is 4.99 Å². The number of hydrogen-bond donors (Lipinski definition) is 2. The highest BCUT2D eigenvalue weighted by molar-refractivity contribution is 7.85. The first kappa shape index (κ1) is 14.2. The van der Waals surface area contributed by atoms with Crippen molar-refractivity contribution in [3.05, 3.63) is 27.7 Å². The largest absolute Gasteiger partial charge is 0.506 e. The van der Waals surface area contributed by atoms with E-state index < -0.39 is 15.9 Å². The van der Waals surface area contributed by atoms with Crippen molar-refractivity contribution in [1.82, 2.24) is 0 Å². The van der Waals surface area contributed by atoms with Crippen molar-refractivity contribution < 1.29 is 18.1 Å². The van der Waals surface area contributed by atoms with Gasteiger partial charge in [-0.15, -0.1) is 0 Å². The summed E-state index contributed by atoms with van der Waals surface area (Å²) in [5.41, 5.74) is 0.276. The van der Waals surface area contributed by atoms with Crippen molar-refractivity contribution in [1.29, 1.82) is 0 Å². The molecule has 0 aliphatic rings. The lowest BCUT2D eigenvalue weighted by Crippen LogP contribution is -2.06. The molecule has 1 rings (SSSR count). The van der Waals surface area contributed by atoms with E-state index >= 15 is 0 Å². The Morgan fingerprint density at radius 2 is 2.00 bits per heavy atom. The van der Waals surface area contributed by atoms with Gasteiger partial charge in [-0.3, -0.25) is 9.55 Å². The van der Waals surface area contributed by atoms with Crippen LogP contribution < -0.4 is 0 Å². The van der Waals surface area contributed by atoms with Gasteiger partial charge in [0.2, 0.25) is 0 Å². The number of aliphatic imine (C=N–C) groups is 1. The fourth-order valence-electron chi connectivity index (χ4n) is 1.02. The lowest BCUT2D eigenvalue weighted by atomic mass is 10.2. The summed E-state index contributed by atoms with van der Waals surface area (Å²) in [7, 11) is -4.03. The molecule has 0 amide bonds. The monoisotopic (exact) mass is 297 g/mol.